The zero-order valence-corrected chi connectivity index (χ0v) is 22.1. The van der Waals surface area contributed by atoms with Crippen LogP contribution in [0.25, 0.3) is 0 Å². The lowest BCUT2D eigenvalue weighted by Crippen LogP contribution is -2.68. The van der Waals surface area contributed by atoms with Gasteiger partial charge in [-0.15, -0.1) is 6.58 Å². The summed E-state index contributed by atoms with van der Waals surface area (Å²) in [6.07, 6.45) is 3.79. The number of amides is 1. The predicted octanol–water partition coefficient (Wildman–Crippen LogP) is 4.52. The van der Waals surface area contributed by atoms with Crippen molar-refractivity contribution in [3.05, 3.63) is 78.4 Å². The number of ether oxygens (including phenoxy) is 3. The molecule has 2 aliphatic rings. The first kappa shape index (κ1) is 27.4. The van der Waals surface area contributed by atoms with E-state index < -0.39 is 23.1 Å². The second-order valence-electron chi connectivity index (χ2n) is 10.2. The minimum atomic E-state index is -0.818. The molecule has 3 atom stereocenters. The zero-order valence-electron chi connectivity index (χ0n) is 22.1. The maximum absolute atomic E-state index is 12.8. The van der Waals surface area contributed by atoms with E-state index in [0.717, 1.165) is 17.7 Å². The van der Waals surface area contributed by atoms with Gasteiger partial charge in [-0.25, -0.2) is 4.79 Å². The average Bonchev–Trinajstić information content (AvgIpc) is 2.88. The van der Waals surface area contributed by atoms with Gasteiger partial charge >= 0.3 is 18.0 Å². The van der Waals surface area contributed by atoms with Crippen LogP contribution in [-0.4, -0.2) is 54.2 Å². The highest BCUT2D eigenvalue weighted by Gasteiger charge is 2.60. The number of piperidine rings is 1. The third-order valence-electron chi connectivity index (χ3n) is 7.61. The van der Waals surface area contributed by atoms with Crippen molar-refractivity contribution < 1.29 is 28.6 Å². The lowest BCUT2D eigenvalue weighted by molar-refractivity contribution is -0.186. The second kappa shape index (κ2) is 11.8. The van der Waals surface area contributed by atoms with Gasteiger partial charge in [0.1, 0.15) is 18.0 Å². The summed E-state index contributed by atoms with van der Waals surface area (Å²) in [7, 11) is 0. The van der Waals surface area contributed by atoms with Gasteiger partial charge in [-0.2, -0.15) is 0 Å². The summed E-state index contributed by atoms with van der Waals surface area (Å²) < 4.78 is 17.1. The van der Waals surface area contributed by atoms with Crippen LogP contribution in [0.5, 0.6) is 5.75 Å². The normalized spacial score (nSPS) is 24.9. The van der Waals surface area contributed by atoms with E-state index in [1.54, 1.807) is 6.07 Å². The molecule has 1 saturated heterocycles. The average molecular weight is 521 g/mol. The smallest absolute Gasteiger partial charge is 0.407 e. The first-order chi connectivity index (χ1) is 18.2. The van der Waals surface area contributed by atoms with Crippen LogP contribution in [0.3, 0.4) is 0 Å². The molecular weight excluding hydrogens is 484 g/mol. The molecule has 1 N–H and O–H groups in total. The Balaban J connectivity index is 1.64. The van der Waals surface area contributed by atoms with Crippen LogP contribution in [0.4, 0.5) is 4.79 Å². The number of esters is 2. The summed E-state index contributed by atoms with van der Waals surface area (Å²) in [5.41, 5.74) is 0.400. The molecule has 0 bridgehead atoms. The molecule has 0 radical (unpaired) electrons. The van der Waals surface area contributed by atoms with Gasteiger partial charge in [0, 0.05) is 38.4 Å². The summed E-state index contributed by atoms with van der Waals surface area (Å²) in [5.74, 6) is -0.317. The highest BCUT2D eigenvalue weighted by atomic mass is 16.6. The monoisotopic (exact) mass is 520 g/mol. The molecule has 0 aromatic heterocycles. The highest BCUT2D eigenvalue weighted by molar-refractivity contribution is 5.70. The van der Waals surface area contributed by atoms with E-state index in [1.165, 1.54) is 13.8 Å². The van der Waals surface area contributed by atoms with E-state index in [1.807, 2.05) is 54.6 Å². The van der Waals surface area contributed by atoms with Gasteiger partial charge in [0.05, 0.1) is 0 Å². The Hall–Kier alpha value is -3.65. The highest BCUT2D eigenvalue weighted by Crippen LogP contribution is 2.54. The Bertz CT molecular complexity index is 1170. The SMILES string of the molecule is C=CCN1CCC2(c3cccc(OC(C)=O)c3)CC(NC(=O)OCc3ccccc3)CCC2(OC(C)=O)C1. The Kier molecular flexibility index (Phi) is 8.52. The van der Waals surface area contributed by atoms with Crippen LogP contribution in [0.15, 0.2) is 67.3 Å². The van der Waals surface area contributed by atoms with Crippen molar-refractivity contribution in [2.45, 2.75) is 63.2 Å². The molecule has 1 heterocycles. The summed E-state index contributed by atoms with van der Waals surface area (Å²) in [6, 6.07) is 16.8. The van der Waals surface area contributed by atoms with Gasteiger partial charge in [-0.1, -0.05) is 48.5 Å². The van der Waals surface area contributed by atoms with Gasteiger partial charge in [0.15, 0.2) is 0 Å². The van der Waals surface area contributed by atoms with E-state index in [0.29, 0.717) is 44.5 Å². The molecular formula is C30H36N2O6. The predicted molar refractivity (Wildman–Crippen MR) is 143 cm³/mol. The molecule has 2 aromatic rings. The van der Waals surface area contributed by atoms with Crippen LogP contribution in [0, 0.1) is 0 Å². The summed E-state index contributed by atoms with van der Waals surface area (Å²) >= 11 is 0. The number of nitrogens with one attached hydrogen (secondary N) is 1. The van der Waals surface area contributed by atoms with Gasteiger partial charge in [-0.3, -0.25) is 14.5 Å². The summed E-state index contributed by atoms with van der Waals surface area (Å²) in [6.45, 7) is 8.85. The van der Waals surface area contributed by atoms with Crippen molar-refractivity contribution in [2.24, 2.45) is 0 Å². The van der Waals surface area contributed by atoms with Crippen molar-refractivity contribution in [1.29, 1.82) is 0 Å². The largest absolute Gasteiger partial charge is 0.457 e. The fourth-order valence-electron chi connectivity index (χ4n) is 6.10. The van der Waals surface area contributed by atoms with Gasteiger partial charge in [0.25, 0.3) is 0 Å². The molecule has 2 fully saturated rings. The molecule has 4 rings (SSSR count). The second-order valence-corrected chi connectivity index (χ2v) is 10.2. The summed E-state index contributed by atoms with van der Waals surface area (Å²) in [5, 5.41) is 3.05. The van der Waals surface area contributed by atoms with Crippen LogP contribution >= 0.6 is 0 Å². The van der Waals surface area contributed by atoms with E-state index in [-0.39, 0.29) is 18.6 Å². The lowest BCUT2D eigenvalue weighted by Gasteiger charge is -2.59. The molecule has 1 amide bonds. The number of carbonyl (C=O) groups excluding carboxylic acids is 3. The number of benzene rings is 2. The Labute approximate surface area is 223 Å². The standard InChI is InChI=1S/C30H36N2O6/c1-4-16-32-17-15-29(25-11-8-12-27(18-25)37-22(2)33)19-26(13-14-30(29,21-32)38-23(3)34)31-28(35)36-20-24-9-6-5-7-10-24/h4-12,18,26H,1,13-17,19-21H2,2-3H3,(H,31,35). The van der Waals surface area contributed by atoms with Gasteiger partial charge in [0.2, 0.25) is 0 Å². The molecule has 2 aromatic carbocycles. The summed E-state index contributed by atoms with van der Waals surface area (Å²) in [4.78, 5) is 39.1. The topological polar surface area (TPSA) is 94.2 Å². The third kappa shape index (κ3) is 6.07. The zero-order chi connectivity index (χ0) is 27.2. The number of likely N-dealkylation sites (tertiary alicyclic amines) is 1. The van der Waals surface area contributed by atoms with Crippen molar-refractivity contribution in [2.75, 3.05) is 19.6 Å². The van der Waals surface area contributed by atoms with Gasteiger partial charge in [-0.05, 0) is 55.5 Å². The van der Waals surface area contributed by atoms with Crippen molar-refractivity contribution in [1.82, 2.24) is 10.2 Å². The first-order valence-corrected chi connectivity index (χ1v) is 13.0. The molecule has 202 valence electrons. The number of hydrogen-bond donors (Lipinski definition) is 1. The Morgan fingerprint density at radius 1 is 1.08 bits per heavy atom. The fraction of sp³-hybridized carbons (Fsp3) is 0.433. The van der Waals surface area contributed by atoms with E-state index >= 15 is 0 Å². The Morgan fingerprint density at radius 3 is 2.58 bits per heavy atom. The molecule has 8 nitrogen and oxygen atoms in total. The number of hydrogen-bond acceptors (Lipinski definition) is 7. The third-order valence-corrected chi connectivity index (χ3v) is 7.61. The molecule has 0 spiro atoms. The molecule has 1 aliphatic heterocycles. The molecule has 1 aliphatic carbocycles. The minimum absolute atomic E-state index is 0.183. The van der Waals surface area contributed by atoms with E-state index in [2.05, 4.69) is 16.8 Å². The Morgan fingerprint density at radius 2 is 1.87 bits per heavy atom. The quantitative estimate of drug-likeness (QED) is 0.311. The number of fused-ring (bicyclic) bond motifs is 1. The van der Waals surface area contributed by atoms with E-state index in [9.17, 15) is 14.4 Å². The van der Waals surface area contributed by atoms with Crippen LogP contribution in [0.1, 0.15) is 50.7 Å². The number of carbonyl (C=O) groups is 3. The molecule has 38 heavy (non-hydrogen) atoms. The van der Waals surface area contributed by atoms with Crippen molar-refractivity contribution in [3.8, 4) is 5.75 Å². The van der Waals surface area contributed by atoms with Crippen LogP contribution in [-0.2, 0) is 31.1 Å². The van der Waals surface area contributed by atoms with Crippen molar-refractivity contribution >= 4 is 18.0 Å². The minimum Gasteiger partial charge on any atom is -0.457 e. The lowest BCUT2D eigenvalue weighted by atomic mass is 9.55. The van der Waals surface area contributed by atoms with Crippen LogP contribution in [0.2, 0.25) is 0 Å². The first-order valence-electron chi connectivity index (χ1n) is 13.0. The van der Waals surface area contributed by atoms with Crippen molar-refractivity contribution in [3.63, 3.8) is 0 Å². The number of nitrogens with zero attached hydrogens (tertiary/aromatic N) is 1. The molecule has 1 saturated carbocycles. The fourth-order valence-corrected chi connectivity index (χ4v) is 6.10. The van der Waals surface area contributed by atoms with Crippen LogP contribution < -0.4 is 10.1 Å². The molecule has 8 heteroatoms. The maximum Gasteiger partial charge on any atom is 0.407 e. The number of alkyl carbamates (subject to hydrolysis) is 1. The van der Waals surface area contributed by atoms with Gasteiger partial charge < -0.3 is 19.5 Å². The number of rotatable bonds is 8. The molecule has 3 unspecified atom stereocenters. The maximum atomic E-state index is 12.8. The van der Waals surface area contributed by atoms with E-state index in [4.69, 9.17) is 14.2 Å².